The average Bonchev–Trinajstić information content (AvgIpc) is 2.96. The summed E-state index contributed by atoms with van der Waals surface area (Å²) in [6, 6.07) is 5.45. The van der Waals surface area contributed by atoms with Crippen LogP contribution in [0.3, 0.4) is 0 Å². The van der Waals surface area contributed by atoms with E-state index in [1.807, 2.05) is 11.4 Å². The Bertz CT molecular complexity index is 785. The van der Waals surface area contributed by atoms with Crippen molar-refractivity contribution in [2.75, 3.05) is 17.2 Å². The summed E-state index contributed by atoms with van der Waals surface area (Å²) >= 11 is 1.31. The zero-order chi connectivity index (χ0) is 16.6. The van der Waals surface area contributed by atoms with Crippen molar-refractivity contribution in [3.8, 4) is 17.0 Å². The molecule has 0 fully saturated rings. The van der Waals surface area contributed by atoms with Crippen molar-refractivity contribution in [1.82, 2.24) is 4.98 Å². The number of amides is 2. The maximum absolute atomic E-state index is 12.0. The van der Waals surface area contributed by atoms with Gasteiger partial charge in [-0.3, -0.25) is 9.59 Å². The number of anilines is 2. The van der Waals surface area contributed by atoms with E-state index < -0.39 is 5.60 Å². The molecule has 7 nitrogen and oxygen atoms in total. The van der Waals surface area contributed by atoms with E-state index in [0.717, 1.165) is 5.56 Å². The van der Waals surface area contributed by atoms with Crippen molar-refractivity contribution in [2.45, 2.75) is 19.4 Å². The number of benzene rings is 1. The molecule has 120 valence electrons. The molecule has 3 rings (SSSR count). The van der Waals surface area contributed by atoms with Crippen molar-refractivity contribution >= 4 is 34.0 Å². The topological polar surface area (TPSA) is 106 Å². The number of nitrogens with two attached hydrogens (primary N) is 1. The van der Waals surface area contributed by atoms with Gasteiger partial charge in [0.25, 0.3) is 5.91 Å². The first-order chi connectivity index (χ1) is 10.9. The number of fused-ring (bicyclic) bond motifs is 1. The van der Waals surface area contributed by atoms with Crippen LogP contribution in [0.25, 0.3) is 11.3 Å². The second kappa shape index (κ2) is 5.64. The van der Waals surface area contributed by atoms with Gasteiger partial charge in [-0.2, -0.15) is 0 Å². The van der Waals surface area contributed by atoms with Crippen molar-refractivity contribution in [3.05, 3.63) is 23.6 Å². The Balaban J connectivity index is 1.87. The second-order valence-corrected chi connectivity index (χ2v) is 6.43. The van der Waals surface area contributed by atoms with Crippen molar-refractivity contribution < 1.29 is 14.3 Å². The number of ether oxygens (including phenoxy) is 1. The van der Waals surface area contributed by atoms with Crippen LogP contribution in [-0.4, -0.2) is 28.9 Å². The molecule has 2 aromatic rings. The SMILES string of the molecule is CC1(C)Oc2ccc(-c3csc(NC(=O)CN)n3)cc2NC1=O. The van der Waals surface area contributed by atoms with E-state index in [1.165, 1.54) is 11.3 Å². The molecule has 1 aliphatic rings. The van der Waals surface area contributed by atoms with Gasteiger partial charge in [0, 0.05) is 10.9 Å². The molecule has 8 heteroatoms. The Kier molecular flexibility index (Phi) is 3.78. The lowest BCUT2D eigenvalue weighted by atomic mass is 10.0. The summed E-state index contributed by atoms with van der Waals surface area (Å²) in [5, 5.41) is 7.75. The summed E-state index contributed by atoms with van der Waals surface area (Å²) in [6.45, 7) is 3.34. The number of hydrogen-bond acceptors (Lipinski definition) is 6. The van der Waals surface area contributed by atoms with Gasteiger partial charge in [0.2, 0.25) is 5.91 Å². The molecule has 0 aliphatic carbocycles. The molecule has 0 saturated heterocycles. The fraction of sp³-hybridized carbons (Fsp3) is 0.267. The predicted molar refractivity (Wildman–Crippen MR) is 88.6 cm³/mol. The van der Waals surface area contributed by atoms with Gasteiger partial charge < -0.3 is 21.1 Å². The number of nitrogens with zero attached hydrogens (tertiary/aromatic N) is 1. The van der Waals surface area contributed by atoms with Gasteiger partial charge in [-0.05, 0) is 32.0 Å². The lowest BCUT2D eigenvalue weighted by Gasteiger charge is -2.31. The van der Waals surface area contributed by atoms with Crippen molar-refractivity contribution in [1.29, 1.82) is 0 Å². The largest absolute Gasteiger partial charge is 0.476 e. The van der Waals surface area contributed by atoms with Gasteiger partial charge in [0.15, 0.2) is 10.7 Å². The summed E-state index contributed by atoms with van der Waals surface area (Å²) in [6.07, 6.45) is 0. The Morgan fingerprint density at radius 3 is 3.00 bits per heavy atom. The summed E-state index contributed by atoms with van der Waals surface area (Å²) < 4.78 is 5.69. The number of carbonyl (C=O) groups is 2. The Hall–Kier alpha value is -2.45. The normalized spacial score (nSPS) is 15.3. The third-order valence-corrected chi connectivity index (χ3v) is 4.13. The highest BCUT2D eigenvalue weighted by atomic mass is 32.1. The first kappa shape index (κ1) is 15.4. The van der Waals surface area contributed by atoms with E-state index in [4.69, 9.17) is 10.5 Å². The van der Waals surface area contributed by atoms with Crippen LogP contribution in [0.4, 0.5) is 10.8 Å². The minimum absolute atomic E-state index is 0.0904. The molecule has 1 aromatic heterocycles. The molecule has 4 N–H and O–H groups in total. The van der Waals surface area contributed by atoms with Gasteiger partial charge in [0.05, 0.1) is 17.9 Å². The molecule has 0 radical (unpaired) electrons. The number of carbonyl (C=O) groups excluding carboxylic acids is 2. The summed E-state index contributed by atoms with van der Waals surface area (Å²) in [5.41, 5.74) is 6.48. The van der Waals surface area contributed by atoms with E-state index in [1.54, 1.807) is 26.0 Å². The molecule has 2 heterocycles. The first-order valence-corrected chi connectivity index (χ1v) is 7.87. The number of hydrogen-bond donors (Lipinski definition) is 3. The first-order valence-electron chi connectivity index (χ1n) is 6.99. The third kappa shape index (κ3) is 3.03. The highest BCUT2D eigenvalue weighted by molar-refractivity contribution is 7.14. The molecule has 0 spiro atoms. The minimum Gasteiger partial charge on any atom is -0.476 e. The van der Waals surface area contributed by atoms with Gasteiger partial charge in [-0.25, -0.2) is 4.98 Å². The molecule has 1 aliphatic heterocycles. The monoisotopic (exact) mass is 332 g/mol. The third-order valence-electron chi connectivity index (χ3n) is 3.37. The summed E-state index contributed by atoms with van der Waals surface area (Å²) in [5.74, 6) is 0.126. The Morgan fingerprint density at radius 2 is 2.26 bits per heavy atom. The molecule has 0 unspecified atom stereocenters. The minimum atomic E-state index is -0.894. The van der Waals surface area contributed by atoms with Gasteiger partial charge >= 0.3 is 0 Å². The number of thiazole rings is 1. The predicted octanol–water partition coefficient (Wildman–Crippen LogP) is 1.82. The van der Waals surface area contributed by atoms with Crippen LogP contribution in [0.1, 0.15) is 13.8 Å². The molecule has 0 bridgehead atoms. The molecule has 23 heavy (non-hydrogen) atoms. The van der Waals surface area contributed by atoms with Gasteiger partial charge in [-0.1, -0.05) is 0 Å². The van der Waals surface area contributed by atoms with Crippen LogP contribution >= 0.6 is 11.3 Å². The van der Waals surface area contributed by atoms with Gasteiger partial charge in [0.1, 0.15) is 5.75 Å². The zero-order valence-electron chi connectivity index (χ0n) is 12.7. The average molecular weight is 332 g/mol. The maximum Gasteiger partial charge on any atom is 0.268 e. The van der Waals surface area contributed by atoms with E-state index in [2.05, 4.69) is 15.6 Å². The van der Waals surface area contributed by atoms with Crippen molar-refractivity contribution in [2.24, 2.45) is 5.73 Å². The number of aromatic nitrogens is 1. The molecular formula is C15H16N4O3S. The van der Waals surface area contributed by atoms with Crippen LogP contribution in [-0.2, 0) is 9.59 Å². The highest BCUT2D eigenvalue weighted by Gasteiger charge is 2.35. The molecule has 2 amide bonds. The fourth-order valence-electron chi connectivity index (χ4n) is 2.10. The van der Waals surface area contributed by atoms with E-state index in [0.29, 0.717) is 22.3 Å². The van der Waals surface area contributed by atoms with Crippen LogP contribution in [0, 0.1) is 0 Å². The smallest absolute Gasteiger partial charge is 0.268 e. The van der Waals surface area contributed by atoms with Gasteiger partial charge in [-0.15, -0.1) is 11.3 Å². The lowest BCUT2D eigenvalue weighted by Crippen LogP contribution is -2.45. The molecule has 0 saturated carbocycles. The van der Waals surface area contributed by atoms with E-state index >= 15 is 0 Å². The highest BCUT2D eigenvalue weighted by Crippen LogP contribution is 2.37. The molecular weight excluding hydrogens is 316 g/mol. The molecule has 0 atom stereocenters. The fourth-order valence-corrected chi connectivity index (χ4v) is 2.84. The van der Waals surface area contributed by atoms with Crippen LogP contribution < -0.4 is 21.1 Å². The number of rotatable bonds is 3. The van der Waals surface area contributed by atoms with Crippen LogP contribution in [0.2, 0.25) is 0 Å². The quantitative estimate of drug-likeness (QED) is 0.795. The Morgan fingerprint density at radius 1 is 1.48 bits per heavy atom. The molecule has 1 aromatic carbocycles. The summed E-state index contributed by atoms with van der Waals surface area (Å²) in [7, 11) is 0. The standard InChI is InChI=1S/C15H16N4O3S/c1-15(2)13(21)17-9-5-8(3-4-11(9)22-15)10-7-23-14(18-10)19-12(20)6-16/h3-5,7H,6,16H2,1-2H3,(H,17,21)(H,18,19,20). The second-order valence-electron chi connectivity index (χ2n) is 5.57. The van der Waals surface area contributed by atoms with Crippen molar-refractivity contribution in [3.63, 3.8) is 0 Å². The lowest BCUT2D eigenvalue weighted by molar-refractivity contribution is -0.129. The van der Waals surface area contributed by atoms with Crippen LogP contribution in [0.15, 0.2) is 23.6 Å². The maximum atomic E-state index is 12.0. The number of nitrogens with one attached hydrogen (secondary N) is 2. The Labute approximate surface area is 136 Å². The van der Waals surface area contributed by atoms with E-state index in [9.17, 15) is 9.59 Å². The van der Waals surface area contributed by atoms with E-state index in [-0.39, 0.29) is 18.4 Å². The summed E-state index contributed by atoms with van der Waals surface area (Å²) in [4.78, 5) is 27.6. The van der Waals surface area contributed by atoms with Crippen LogP contribution in [0.5, 0.6) is 5.75 Å². The zero-order valence-corrected chi connectivity index (χ0v) is 13.5.